The van der Waals surface area contributed by atoms with Gasteiger partial charge < -0.3 is 0 Å². The van der Waals surface area contributed by atoms with Crippen LogP contribution in [0.4, 0.5) is 0 Å². The van der Waals surface area contributed by atoms with Gasteiger partial charge in [-0.05, 0) is 32.8 Å². The van der Waals surface area contributed by atoms with E-state index in [1.54, 1.807) is 24.2 Å². The molecule has 1 aromatic rings. The molecule has 0 saturated heterocycles. The largest absolute Gasteiger partial charge is 0.231 e. The fourth-order valence-electron chi connectivity index (χ4n) is 1.09. The molecular weight excluding hydrogens is 206 g/mol. The van der Waals surface area contributed by atoms with Crippen LogP contribution in [0.15, 0.2) is 23.6 Å². The minimum Gasteiger partial charge on any atom is -0.231 e. The molecule has 0 aromatic carbocycles. The Balaban J connectivity index is 2.21. The lowest BCUT2D eigenvalue weighted by Gasteiger charge is -2.13. The van der Waals surface area contributed by atoms with Crippen LogP contribution in [-0.4, -0.2) is 15.7 Å². The zero-order chi connectivity index (χ0) is 11.1. The highest BCUT2D eigenvalue weighted by atomic mass is 32.2. The van der Waals surface area contributed by atoms with Gasteiger partial charge in [-0.15, -0.1) is 0 Å². The topological polar surface area (TPSA) is 49.6 Å². The van der Waals surface area contributed by atoms with Crippen LogP contribution in [0.5, 0.6) is 0 Å². The van der Waals surface area contributed by atoms with Gasteiger partial charge in [-0.2, -0.15) is 5.26 Å². The fraction of sp³-hybridized carbons (Fsp3) is 0.545. The van der Waals surface area contributed by atoms with Gasteiger partial charge in [0.25, 0.3) is 0 Å². The molecule has 0 fully saturated rings. The van der Waals surface area contributed by atoms with Crippen molar-refractivity contribution < 1.29 is 0 Å². The first-order valence-electron chi connectivity index (χ1n) is 4.95. The number of nitriles is 1. The maximum absolute atomic E-state index is 8.83. The Morgan fingerprint density at radius 3 is 2.67 bits per heavy atom. The second kappa shape index (κ2) is 5.72. The van der Waals surface area contributed by atoms with Crippen molar-refractivity contribution in [1.82, 2.24) is 9.97 Å². The summed E-state index contributed by atoms with van der Waals surface area (Å²) in [5, 5.41) is 9.64. The zero-order valence-electron chi connectivity index (χ0n) is 9.10. The molecule has 0 aliphatic carbocycles. The Labute approximate surface area is 94.9 Å². The monoisotopic (exact) mass is 221 g/mol. The predicted molar refractivity (Wildman–Crippen MR) is 61.4 cm³/mol. The summed E-state index contributed by atoms with van der Waals surface area (Å²) in [6.45, 7) is 3.94. The molecular formula is C11H15N3S. The molecule has 1 heterocycles. The van der Waals surface area contributed by atoms with E-state index in [0.717, 1.165) is 23.8 Å². The van der Waals surface area contributed by atoms with Crippen molar-refractivity contribution in [2.24, 2.45) is 5.41 Å². The summed E-state index contributed by atoms with van der Waals surface area (Å²) in [4.78, 5) is 8.24. The number of hydrogen-bond acceptors (Lipinski definition) is 4. The molecule has 0 saturated carbocycles. The quantitative estimate of drug-likeness (QED) is 0.436. The Kier molecular flexibility index (Phi) is 4.57. The third-order valence-corrected chi connectivity index (χ3v) is 2.98. The number of rotatable bonds is 5. The Hall–Kier alpha value is -1.08. The summed E-state index contributed by atoms with van der Waals surface area (Å²) in [6.07, 6.45) is 5.43. The molecule has 1 aromatic heterocycles. The normalized spacial score (nSPS) is 11.0. The molecule has 0 radical (unpaired) electrons. The third kappa shape index (κ3) is 4.80. The lowest BCUT2D eigenvalue weighted by Crippen LogP contribution is -2.07. The minimum absolute atomic E-state index is 0.210. The highest BCUT2D eigenvalue weighted by molar-refractivity contribution is 7.99. The smallest absolute Gasteiger partial charge is 0.187 e. The molecule has 80 valence electrons. The van der Waals surface area contributed by atoms with Crippen molar-refractivity contribution in [3.8, 4) is 6.07 Å². The number of hydrogen-bond donors (Lipinski definition) is 0. The summed E-state index contributed by atoms with van der Waals surface area (Å²) in [5.74, 6) is 0.967. The van der Waals surface area contributed by atoms with Crippen molar-refractivity contribution in [2.75, 3.05) is 5.75 Å². The van der Waals surface area contributed by atoms with Crippen molar-refractivity contribution >= 4 is 11.8 Å². The third-order valence-electron chi connectivity index (χ3n) is 2.02. The first kappa shape index (κ1) is 12.0. The van der Waals surface area contributed by atoms with Gasteiger partial charge in [0.1, 0.15) is 0 Å². The lowest BCUT2D eigenvalue weighted by atomic mass is 9.90. The van der Waals surface area contributed by atoms with E-state index in [1.807, 2.05) is 19.9 Å². The average Bonchev–Trinajstić information content (AvgIpc) is 2.26. The molecule has 0 aliphatic heterocycles. The standard InChI is InChI=1S/C11H15N3S/c1-11(2,9-12)5-3-8-15-10-13-6-4-7-14-10/h4,6-7H,3,5,8H2,1-2H3. The molecule has 0 amide bonds. The van der Waals surface area contributed by atoms with Crippen molar-refractivity contribution in [1.29, 1.82) is 5.26 Å². The van der Waals surface area contributed by atoms with Crippen molar-refractivity contribution in [3.63, 3.8) is 0 Å². The van der Waals surface area contributed by atoms with Crippen molar-refractivity contribution in [3.05, 3.63) is 18.5 Å². The van der Waals surface area contributed by atoms with E-state index < -0.39 is 0 Å². The SMILES string of the molecule is CC(C)(C#N)CCCSc1ncccn1. The average molecular weight is 221 g/mol. The van der Waals surface area contributed by atoms with Crippen molar-refractivity contribution in [2.45, 2.75) is 31.8 Å². The predicted octanol–water partition coefficient (Wildman–Crippen LogP) is 2.90. The number of thioether (sulfide) groups is 1. The molecule has 0 spiro atoms. The number of nitrogens with zero attached hydrogens (tertiary/aromatic N) is 3. The van der Waals surface area contributed by atoms with E-state index >= 15 is 0 Å². The Morgan fingerprint density at radius 1 is 1.40 bits per heavy atom. The second-order valence-corrected chi connectivity index (χ2v) is 5.04. The van der Waals surface area contributed by atoms with Gasteiger partial charge in [-0.3, -0.25) is 0 Å². The van der Waals surface area contributed by atoms with Gasteiger partial charge in [0.15, 0.2) is 5.16 Å². The van der Waals surface area contributed by atoms with E-state index in [9.17, 15) is 0 Å². The summed E-state index contributed by atoms with van der Waals surface area (Å²) in [6, 6.07) is 4.11. The first-order valence-corrected chi connectivity index (χ1v) is 5.94. The summed E-state index contributed by atoms with van der Waals surface area (Å²) in [7, 11) is 0. The molecule has 0 aliphatic rings. The fourth-order valence-corrected chi connectivity index (χ4v) is 1.84. The minimum atomic E-state index is -0.210. The van der Waals surface area contributed by atoms with E-state index in [2.05, 4.69) is 16.0 Å². The summed E-state index contributed by atoms with van der Waals surface area (Å²) >= 11 is 1.64. The maximum Gasteiger partial charge on any atom is 0.187 e. The Morgan fingerprint density at radius 2 is 2.07 bits per heavy atom. The van der Waals surface area contributed by atoms with Gasteiger partial charge in [-0.25, -0.2) is 9.97 Å². The van der Waals surface area contributed by atoms with E-state index in [4.69, 9.17) is 5.26 Å². The molecule has 0 atom stereocenters. The van der Waals surface area contributed by atoms with Gasteiger partial charge in [0.2, 0.25) is 0 Å². The van der Waals surface area contributed by atoms with Gasteiger partial charge >= 0.3 is 0 Å². The molecule has 0 unspecified atom stereocenters. The second-order valence-electron chi connectivity index (χ2n) is 3.98. The van der Waals surface area contributed by atoms with E-state index in [1.165, 1.54) is 0 Å². The number of aromatic nitrogens is 2. The van der Waals surface area contributed by atoms with Crippen LogP contribution in [0, 0.1) is 16.7 Å². The maximum atomic E-state index is 8.83. The zero-order valence-corrected chi connectivity index (χ0v) is 9.92. The summed E-state index contributed by atoms with van der Waals surface area (Å²) < 4.78 is 0. The summed E-state index contributed by atoms with van der Waals surface area (Å²) in [5.41, 5.74) is -0.210. The highest BCUT2D eigenvalue weighted by Gasteiger charge is 2.15. The van der Waals surface area contributed by atoms with Gasteiger partial charge in [0, 0.05) is 18.1 Å². The highest BCUT2D eigenvalue weighted by Crippen LogP contribution is 2.23. The van der Waals surface area contributed by atoms with E-state index in [0.29, 0.717) is 0 Å². The van der Waals surface area contributed by atoms with Crippen LogP contribution in [0.1, 0.15) is 26.7 Å². The van der Waals surface area contributed by atoms with E-state index in [-0.39, 0.29) is 5.41 Å². The van der Waals surface area contributed by atoms with Crippen LogP contribution in [-0.2, 0) is 0 Å². The van der Waals surface area contributed by atoms with Gasteiger partial charge in [0.05, 0.1) is 11.5 Å². The van der Waals surface area contributed by atoms with Gasteiger partial charge in [-0.1, -0.05) is 11.8 Å². The van der Waals surface area contributed by atoms with Crippen LogP contribution in [0.25, 0.3) is 0 Å². The van der Waals surface area contributed by atoms with Crippen LogP contribution in [0.2, 0.25) is 0 Å². The first-order chi connectivity index (χ1) is 7.14. The molecule has 0 N–H and O–H groups in total. The van der Waals surface area contributed by atoms with Crippen LogP contribution in [0.3, 0.4) is 0 Å². The molecule has 4 heteroatoms. The molecule has 3 nitrogen and oxygen atoms in total. The Bertz CT molecular complexity index is 329. The molecule has 1 rings (SSSR count). The van der Waals surface area contributed by atoms with Crippen LogP contribution >= 0.6 is 11.8 Å². The molecule has 15 heavy (non-hydrogen) atoms. The molecule has 0 bridgehead atoms. The van der Waals surface area contributed by atoms with Crippen LogP contribution < -0.4 is 0 Å². The lowest BCUT2D eigenvalue weighted by molar-refractivity contribution is 0.447.